The number of amides is 1. The van der Waals surface area contributed by atoms with Crippen molar-refractivity contribution in [3.05, 3.63) is 23.5 Å². The lowest BCUT2D eigenvalue weighted by molar-refractivity contribution is -0.124. The van der Waals surface area contributed by atoms with Gasteiger partial charge in [0.2, 0.25) is 5.91 Å². The molecule has 0 N–H and O–H groups in total. The summed E-state index contributed by atoms with van der Waals surface area (Å²) in [6.07, 6.45) is 7.23. The highest BCUT2D eigenvalue weighted by atomic mass is 16.2. The monoisotopic (exact) mass is 245 g/mol. The van der Waals surface area contributed by atoms with Crippen LogP contribution in [0, 0.1) is 0 Å². The van der Waals surface area contributed by atoms with Crippen molar-refractivity contribution < 1.29 is 9.59 Å². The molecule has 0 atom stereocenters. The first kappa shape index (κ1) is 11.2. The van der Waals surface area contributed by atoms with Gasteiger partial charge in [0.05, 0.1) is 6.42 Å². The van der Waals surface area contributed by atoms with Crippen LogP contribution >= 0.6 is 0 Å². The molecule has 5 heteroatoms. The molecule has 2 heterocycles. The Morgan fingerprint density at radius 2 is 2.00 bits per heavy atom. The van der Waals surface area contributed by atoms with E-state index in [1.54, 1.807) is 6.20 Å². The van der Waals surface area contributed by atoms with Crippen LogP contribution in [-0.2, 0) is 29.5 Å². The summed E-state index contributed by atoms with van der Waals surface area (Å²) in [5.41, 5.74) is 2.38. The summed E-state index contributed by atoms with van der Waals surface area (Å²) in [7, 11) is 1.91. The van der Waals surface area contributed by atoms with Gasteiger partial charge in [0.15, 0.2) is 11.6 Å². The van der Waals surface area contributed by atoms with E-state index in [0.29, 0.717) is 5.82 Å². The average Bonchev–Trinajstić information content (AvgIpc) is 2.68. The zero-order chi connectivity index (χ0) is 12.7. The first-order valence-electron chi connectivity index (χ1n) is 6.24. The topological polar surface area (TPSA) is 55.2 Å². The quantitative estimate of drug-likeness (QED) is 0.697. The molecule has 0 spiro atoms. The molecule has 1 amide bonds. The maximum atomic E-state index is 11.9. The number of carbonyl (C=O) groups excluding carboxylic acids is 2. The molecule has 3 rings (SSSR count). The average molecular weight is 245 g/mol. The zero-order valence-corrected chi connectivity index (χ0v) is 10.3. The van der Waals surface area contributed by atoms with Gasteiger partial charge < -0.3 is 0 Å². The summed E-state index contributed by atoms with van der Waals surface area (Å²) in [4.78, 5) is 24.6. The van der Waals surface area contributed by atoms with Crippen LogP contribution in [0.4, 0.5) is 5.82 Å². The SMILES string of the molecule is Cn1nc(N2C=CC(=O)CC2=O)c2c1CCCC2. The molecule has 5 nitrogen and oxygen atoms in total. The lowest BCUT2D eigenvalue weighted by Gasteiger charge is -2.21. The Morgan fingerprint density at radius 3 is 2.78 bits per heavy atom. The standard InChI is InChI=1S/C13H15N3O2/c1-15-11-5-3-2-4-10(11)13(14-15)16-7-6-9(17)8-12(16)18/h6-7H,2-5,8H2,1H3. The van der Waals surface area contributed by atoms with Crippen LogP contribution in [0.1, 0.15) is 30.5 Å². The summed E-state index contributed by atoms with van der Waals surface area (Å²) < 4.78 is 1.86. The molecule has 0 unspecified atom stereocenters. The van der Waals surface area contributed by atoms with E-state index in [0.717, 1.165) is 24.8 Å². The Morgan fingerprint density at radius 1 is 1.22 bits per heavy atom. The Bertz CT molecular complexity index is 557. The smallest absolute Gasteiger partial charge is 0.240 e. The van der Waals surface area contributed by atoms with E-state index in [-0.39, 0.29) is 18.1 Å². The number of nitrogens with zero attached hydrogens (tertiary/aromatic N) is 3. The molecule has 1 aromatic rings. The van der Waals surface area contributed by atoms with Gasteiger partial charge in [-0.25, -0.2) is 0 Å². The Labute approximate surface area is 105 Å². The summed E-state index contributed by atoms with van der Waals surface area (Å²) in [6.45, 7) is 0. The summed E-state index contributed by atoms with van der Waals surface area (Å²) in [5, 5.41) is 4.45. The second-order valence-electron chi connectivity index (χ2n) is 4.80. The number of hydrogen-bond acceptors (Lipinski definition) is 3. The fourth-order valence-corrected chi connectivity index (χ4v) is 2.67. The van der Waals surface area contributed by atoms with E-state index in [9.17, 15) is 9.59 Å². The van der Waals surface area contributed by atoms with Gasteiger partial charge in [-0.15, -0.1) is 0 Å². The highest BCUT2D eigenvalue weighted by Crippen LogP contribution is 2.30. The van der Waals surface area contributed by atoms with Crippen LogP contribution in [0.25, 0.3) is 0 Å². The first-order valence-corrected chi connectivity index (χ1v) is 6.24. The number of allylic oxidation sites excluding steroid dienone is 1. The Hall–Kier alpha value is -1.91. The molecule has 18 heavy (non-hydrogen) atoms. The van der Waals surface area contributed by atoms with E-state index in [4.69, 9.17) is 0 Å². The second kappa shape index (κ2) is 4.08. The van der Waals surface area contributed by atoms with Crippen LogP contribution in [0.3, 0.4) is 0 Å². The third-order valence-electron chi connectivity index (χ3n) is 3.58. The molecule has 0 fully saturated rings. The van der Waals surface area contributed by atoms with Gasteiger partial charge in [-0.3, -0.25) is 19.2 Å². The number of carbonyl (C=O) groups is 2. The molecular weight excluding hydrogens is 230 g/mol. The predicted octanol–water partition coefficient (Wildman–Crippen LogP) is 1.12. The van der Waals surface area contributed by atoms with Gasteiger partial charge in [-0.1, -0.05) is 0 Å². The zero-order valence-electron chi connectivity index (χ0n) is 10.3. The normalized spacial score (nSPS) is 19.3. The number of hydrogen-bond donors (Lipinski definition) is 0. The summed E-state index contributed by atoms with van der Waals surface area (Å²) >= 11 is 0. The fraction of sp³-hybridized carbons (Fsp3) is 0.462. The number of fused-ring (bicyclic) bond motifs is 1. The predicted molar refractivity (Wildman–Crippen MR) is 66.1 cm³/mol. The van der Waals surface area contributed by atoms with Gasteiger partial charge in [0.25, 0.3) is 0 Å². The van der Waals surface area contributed by atoms with Crippen LogP contribution in [0.2, 0.25) is 0 Å². The Balaban J connectivity index is 2.05. The van der Waals surface area contributed by atoms with Gasteiger partial charge >= 0.3 is 0 Å². The number of ketones is 1. The first-order chi connectivity index (χ1) is 8.66. The van der Waals surface area contributed by atoms with Gasteiger partial charge in [0, 0.05) is 24.5 Å². The maximum absolute atomic E-state index is 11.9. The molecule has 94 valence electrons. The number of anilines is 1. The molecule has 1 aliphatic carbocycles. The molecule has 0 saturated heterocycles. The molecule has 2 aliphatic rings. The fourth-order valence-electron chi connectivity index (χ4n) is 2.67. The highest BCUT2D eigenvalue weighted by molar-refractivity contribution is 6.13. The molecule has 0 radical (unpaired) electrons. The van der Waals surface area contributed by atoms with Gasteiger partial charge in [0.1, 0.15) is 0 Å². The van der Waals surface area contributed by atoms with Crippen molar-refractivity contribution in [3.8, 4) is 0 Å². The largest absolute Gasteiger partial charge is 0.294 e. The van der Waals surface area contributed by atoms with E-state index >= 15 is 0 Å². The van der Waals surface area contributed by atoms with Crippen molar-refractivity contribution in [2.75, 3.05) is 4.90 Å². The lowest BCUT2D eigenvalue weighted by Crippen LogP contribution is -2.31. The van der Waals surface area contributed by atoms with Gasteiger partial charge in [-0.2, -0.15) is 5.10 Å². The molecule has 0 aromatic carbocycles. The number of aromatic nitrogens is 2. The van der Waals surface area contributed by atoms with Crippen molar-refractivity contribution >= 4 is 17.5 Å². The summed E-state index contributed by atoms with van der Waals surface area (Å²) in [5.74, 6) is 0.385. The number of rotatable bonds is 1. The van der Waals surface area contributed by atoms with Crippen molar-refractivity contribution in [2.24, 2.45) is 7.05 Å². The molecule has 0 bridgehead atoms. The molecule has 1 aliphatic heterocycles. The van der Waals surface area contributed by atoms with Gasteiger partial charge in [-0.05, 0) is 31.8 Å². The molecular formula is C13H15N3O2. The molecule has 0 saturated carbocycles. The minimum absolute atomic E-state index is 0.0537. The highest BCUT2D eigenvalue weighted by Gasteiger charge is 2.28. The van der Waals surface area contributed by atoms with E-state index in [1.165, 1.54) is 23.1 Å². The second-order valence-corrected chi connectivity index (χ2v) is 4.80. The minimum Gasteiger partial charge on any atom is -0.294 e. The van der Waals surface area contributed by atoms with E-state index in [1.807, 2.05) is 11.7 Å². The summed E-state index contributed by atoms with van der Waals surface area (Å²) in [6, 6.07) is 0. The molecule has 1 aromatic heterocycles. The Kier molecular flexibility index (Phi) is 2.54. The van der Waals surface area contributed by atoms with Crippen LogP contribution in [-0.4, -0.2) is 21.5 Å². The van der Waals surface area contributed by atoms with E-state index in [2.05, 4.69) is 5.10 Å². The minimum atomic E-state index is -0.186. The van der Waals surface area contributed by atoms with Crippen molar-refractivity contribution in [1.82, 2.24) is 9.78 Å². The maximum Gasteiger partial charge on any atom is 0.240 e. The van der Waals surface area contributed by atoms with Crippen molar-refractivity contribution in [3.63, 3.8) is 0 Å². The van der Waals surface area contributed by atoms with Crippen molar-refractivity contribution in [1.29, 1.82) is 0 Å². The van der Waals surface area contributed by atoms with Crippen molar-refractivity contribution in [2.45, 2.75) is 32.1 Å². The third kappa shape index (κ3) is 1.66. The number of aryl methyl sites for hydroxylation is 1. The van der Waals surface area contributed by atoms with Crippen LogP contribution in [0.5, 0.6) is 0 Å². The van der Waals surface area contributed by atoms with Crippen LogP contribution < -0.4 is 4.90 Å². The van der Waals surface area contributed by atoms with Crippen LogP contribution in [0.15, 0.2) is 12.3 Å². The third-order valence-corrected chi connectivity index (χ3v) is 3.58. The van der Waals surface area contributed by atoms with E-state index < -0.39 is 0 Å². The lowest BCUT2D eigenvalue weighted by atomic mass is 9.97.